The van der Waals surface area contributed by atoms with Crippen molar-refractivity contribution in [1.29, 1.82) is 0 Å². The first-order chi connectivity index (χ1) is 6.79. The quantitative estimate of drug-likeness (QED) is 0.879. The summed E-state index contributed by atoms with van der Waals surface area (Å²) in [5.41, 5.74) is 7.35. The van der Waals surface area contributed by atoms with Crippen LogP contribution in [0.1, 0.15) is 43.7 Å². The summed E-state index contributed by atoms with van der Waals surface area (Å²) >= 11 is 3.39. The summed E-state index contributed by atoms with van der Waals surface area (Å²) in [5.74, 6) is 0.637. The first-order valence-electron chi connectivity index (χ1n) is 5.27. The molecule has 0 bridgehead atoms. The van der Waals surface area contributed by atoms with E-state index in [4.69, 9.17) is 10.2 Å². The minimum Gasteiger partial charge on any atom is -0.457 e. The second kappa shape index (κ2) is 4.49. The van der Waals surface area contributed by atoms with Crippen LogP contribution in [0.2, 0.25) is 0 Å². The Morgan fingerprint density at radius 3 is 2.64 bits per heavy atom. The maximum atomic E-state index is 6.22. The first kappa shape index (κ1) is 10.2. The van der Waals surface area contributed by atoms with Crippen LogP contribution in [0.15, 0.2) is 21.4 Å². The predicted molar refractivity (Wildman–Crippen MR) is 59.9 cm³/mol. The van der Waals surface area contributed by atoms with Crippen molar-refractivity contribution in [3.63, 3.8) is 0 Å². The van der Waals surface area contributed by atoms with Crippen molar-refractivity contribution in [2.45, 2.75) is 38.1 Å². The molecule has 1 fully saturated rings. The highest BCUT2D eigenvalue weighted by Crippen LogP contribution is 2.35. The van der Waals surface area contributed by atoms with Crippen molar-refractivity contribution in [1.82, 2.24) is 0 Å². The molecule has 2 nitrogen and oxygen atoms in total. The van der Waals surface area contributed by atoms with Crippen LogP contribution in [0, 0.1) is 5.92 Å². The zero-order valence-corrected chi connectivity index (χ0v) is 9.79. The van der Waals surface area contributed by atoms with Crippen molar-refractivity contribution in [3.8, 4) is 0 Å². The fourth-order valence-electron chi connectivity index (χ4n) is 2.29. The van der Waals surface area contributed by atoms with Gasteiger partial charge in [0.15, 0.2) is 4.67 Å². The highest BCUT2D eigenvalue weighted by Gasteiger charge is 2.24. The molecule has 1 aliphatic rings. The van der Waals surface area contributed by atoms with Crippen molar-refractivity contribution in [3.05, 3.63) is 22.6 Å². The van der Waals surface area contributed by atoms with Gasteiger partial charge in [-0.2, -0.15) is 0 Å². The van der Waals surface area contributed by atoms with E-state index in [-0.39, 0.29) is 6.04 Å². The Balaban J connectivity index is 2.07. The van der Waals surface area contributed by atoms with Crippen LogP contribution in [0.25, 0.3) is 0 Å². The van der Waals surface area contributed by atoms with Crippen molar-refractivity contribution in [2.75, 3.05) is 0 Å². The molecular formula is C11H16BrNO. The number of hydrogen-bond donors (Lipinski definition) is 1. The number of halogens is 1. The molecule has 1 aromatic heterocycles. The second-order valence-electron chi connectivity index (χ2n) is 4.07. The summed E-state index contributed by atoms with van der Waals surface area (Å²) in [4.78, 5) is 0. The van der Waals surface area contributed by atoms with Crippen LogP contribution in [0.5, 0.6) is 0 Å². The summed E-state index contributed by atoms with van der Waals surface area (Å²) < 4.78 is 6.01. The predicted octanol–water partition coefficient (Wildman–Crippen LogP) is 3.62. The Labute approximate surface area is 93.0 Å². The fraction of sp³-hybridized carbons (Fsp3) is 0.636. The van der Waals surface area contributed by atoms with Crippen molar-refractivity contribution in [2.24, 2.45) is 11.7 Å². The van der Waals surface area contributed by atoms with E-state index in [1.165, 1.54) is 32.1 Å². The van der Waals surface area contributed by atoms with E-state index in [1.807, 2.05) is 6.07 Å². The molecule has 1 heterocycles. The van der Waals surface area contributed by atoms with Crippen LogP contribution in [0.4, 0.5) is 0 Å². The molecule has 78 valence electrons. The van der Waals surface area contributed by atoms with Crippen LogP contribution < -0.4 is 5.73 Å². The third-order valence-corrected chi connectivity index (χ3v) is 3.81. The van der Waals surface area contributed by atoms with E-state index < -0.39 is 0 Å². The lowest BCUT2D eigenvalue weighted by Gasteiger charge is -2.26. The van der Waals surface area contributed by atoms with Gasteiger partial charge < -0.3 is 10.2 Å². The molecule has 2 N–H and O–H groups in total. The largest absolute Gasteiger partial charge is 0.457 e. The molecule has 1 unspecified atom stereocenters. The van der Waals surface area contributed by atoms with Gasteiger partial charge in [0, 0.05) is 11.6 Å². The molecule has 3 heteroatoms. The normalized spacial score (nSPS) is 21.0. The van der Waals surface area contributed by atoms with Gasteiger partial charge >= 0.3 is 0 Å². The minimum atomic E-state index is 0.142. The summed E-state index contributed by atoms with van der Waals surface area (Å²) in [7, 11) is 0. The molecule has 1 aromatic rings. The van der Waals surface area contributed by atoms with Gasteiger partial charge in [0.05, 0.1) is 6.26 Å². The summed E-state index contributed by atoms with van der Waals surface area (Å²) in [6, 6.07) is 2.12. The fourth-order valence-corrected chi connectivity index (χ4v) is 2.79. The minimum absolute atomic E-state index is 0.142. The van der Waals surface area contributed by atoms with Gasteiger partial charge in [-0.3, -0.25) is 0 Å². The number of rotatable bonds is 2. The van der Waals surface area contributed by atoms with Gasteiger partial charge in [-0.15, -0.1) is 0 Å². The van der Waals surface area contributed by atoms with Crippen LogP contribution in [0.3, 0.4) is 0 Å². The van der Waals surface area contributed by atoms with E-state index in [0.29, 0.717) is 5.92 Å². The van der Waals surface area contributed by atoms with E-state index >= 15 is 0 Å². The van der Waals surface area contributed by atoms with Gasteiger partial charge in [-0.05, 0) is 40.8 Å². The lowest BCUT2D eigenvalue weighted by molar-refractivity contribution is 0.306. The SMILES string of the molecule is NC(c1ccoc1Br)C1CCCCC1. The lowest BCUT2D eigenvalue weighted by atomic mass is 9.82. The molecule has 14 heavy (non-hydrogen) atoms. The lowest BCUT2D eigenvalue weighted by Crippen LogP contribution is -2.23. The van der Waals surface area contributed by atoms with Gasteiger partial charge in [-0.25, -0.2) is 0 Å². The molecule has 0 spiro atoms. The highest BCUT2D eigenvalue weighted by molar-refractivity contribution is 9.10. The third-order valence-electron chi connectivity index (χ3n) is 3.16. The smallest absolute Gasteiger partial charge is 0.173 e. The maximum Gasteiger partial charge on any atom is 0.173 e. The summed E-state index contributed by atoms with van der Waals surface area (Å²) in [6.45, 7) is 0. The Morgan fingerprint density at radius 2 is 2.07 bits per heavy atom. The standard InChI is InChI=1S/C11H16BrNO/c12-11-9(6-7-14-11)10(13)8-4-2-1-3-5-8/h6-8,10H,1-5,13H2. The van der Waals surface area contributed by atoms with E-state index in [2.05, 4.69) is 15.9 Å². The third kappa shape index (κ3) is 2.04. The van der Waals surface area contributed by atoms with Crippen LogP contribution >= 0.6 is 15.9 Å². The molecule has 0 amide bonds. The molecule has 1 aliphatic carbocycles. The summed E-state index contributed by atoms with van der Waals surface area (Å²) in [6.07, 6.45) is 8.25. The zero-order chi connectivity index (χ0) is 9.97. The molecule has 2 rings (SSSR count). The monoisotopic (exact) mass is 257 g/mol. The topological polar surface area (TPSA) is 39.2 Å². The highest BCUT2D eigenvalue weighted by atomic mass is 79.9. The summed E-state index contributed by atoms with van der Waals surface area (Å²) in [5, 5.41) is 0. The van der Waals surface area contributed by atoms with Crippen LogP contribution in [-0.4, -0.2) is 0 Å². The molecule has 0 radical (unpaired) electrons. The Kier molecular flexibility index (Phi) is 3.29. The van der Waals surface area contributed by atoms with Gasteiger partial charge in [0.25, 0.3) is 0 Å². The molecule has 0 aromatic carbocycles. The molecule has 0 saturated heterocycles. The van der Waals surface area contributed by atoms with Crippen molar-refractivity contribution < 1.29 is 4.42 Å². The molecule has 0 aliphatic heterocycles. The van der Waals surface area contributed by atoms with E-state index in [1.54, 1.807) is 6.26 Å². The van der Waals surface area contributed by atoms with Gasteiger partial charge in [0.1, 0.15) is 0 Å². The van der Waals surface area contributed by atoms with E-state index in [0.717, 1.165) is 10.2 Å². The first-order valence-corrected chi connectivity index (χ1v) is 6.07. The van der Waals surface area contributed by atoms with Gasteiger partial charge in [0.2, 0.25) is 0 Å². The average Bonchev–Trinajstić information content (AvgIpc) is 2.65. The van der Waals surface area contributed by atoms with Crippen molar-refractivity contribution >= 4 is 15.9 Å². The maximum absolute atomic E-state index is 6.22. The number of hydrogen-bond acceptors (Lipinski definition) is 2. The molecular weight excluding hydrogens is 242 g/mol. The Bertz CT molecular complexity index is 291. The Morgan fingerprint density at radius 1 is 1.36 bits per heavy atom. The number of nitrogens with two attached hydrogens (primary N) is 1. The average molecular weight is 258 g/mol. The van der Waals surface area contributed by atoms with E-state index in [9.17, 15) is 0 Å². The Hall–Kier alpha value is -0.280. The molecule has 1 saturated carbocycles. The number of furan rings is 1. The van der Waals surface area contributed by atoms with Crippen LogP contribution in [-0.2, 0) is 0 Å². The van der Waals surface area contributed by atoms with Gasteiger partial charge in [-0.1, -0.05) is 19.3 Å². The molecule has 1 atom stereocenters. The zero-order valence-electron chi connectivity index (χ0n) is 8.21. The second-order valence-corrected chi connectivity index (χ2v) is 4.79.